The number of rotatable bonds is 5. The zero-order valence-electron chi connectivity index (χ0n) is 13.8. The fourth-order valence-electron chi connectivity index (χ4n) is 4.24. The fourth-order valence-corrected chi connectivity index (χ4v) is 4.24. The van der Waals surface area contributed by atoms with Gasteiger partial charge in [0.05, 0.1) is 24.7 Å². The quantitative estimate of drug-likeness (QED) is 0.841. The Morgan fingerprint density at radius 3 is 2.62 bits per heavy atom. The van der Waals surface area contributed by atoms with Gasteiger partial charge in [0.2, 0.25) is 5.91 Å². The summed E-state index contributed by atoms with van der Waals surface area (Å²) in [5.41, 5.74) is 1.65. The van der Waals surface area contributed by atoms with Gasteiger partial charge < -0.3 is 10.1 Å². The van der Waals surface area contributed by atoms with Crippen LogP contribution in [0, 0.1) is 29.1 Å². The number of carbonyl (C=O) groups excluding carboxylic acids is 2. The van der Waals surface area contributed by atoms with Gasteiger partial charge in [-0.05, 0) is 55.2 Å². The van der Waals surface area contributed by atoms with E-state index in [2.05, 4.69) is 11.4 Å². The number of amides is 1. The molecule has 126 valence electrons. The van der Waals surface area contributed by atoms with Gasteiger partial charge in [-0.3, -0.25) is 9.59 Å². The fraction of sp³-hybridized carbons (Fsp3) is 0.526. The third-order valence-electron chi connectivity index (χ3n) is 5.44. The van der Waals surface area contributed by atoms with E-state index in [4.69, 9.17) is 10.00 Å². The van der Waals surface area contributed by atoms with Crippen molar-refractivity contribution in [2.24, 2.45) is 17.8 Å². The number of hydrogen-bond donors (Lipinski definition) is 1. The van der Waals surface area contributed by atoms with Crippen LogP contribution in [0.15, 0.2) is 24.3 Å². The summed E-state index contributed by atoms with van der Waals surface area (Å²) in [5.74, 6) is 0.349. The smallest absolute Gasteiger partial charge is 0.311 e. The molecule has 2 bridgehead atoms. The molecule has 1 aromatic carbocycles. The van der Waals surface area contributed by atoms with Gasteiger partial charge in [0.25, 0.3) is 0 Å². The number of methoxy groups -OCH3 is 1. The van der Waals surface area contributed by atoms with Gasteiger partial charge in [-0.1, -0.05) is 12.1 Å². The largest absolute Gasteiger partial charge is 0.469 e. The van der Waals surface area contributed by atoms with Gasteiger partial charge in [0, 0.05) is 12.5 Å². The van der Waals surface area contributed by atoms with Gasteiger partial charge in [-0.15, -0.1) is 0 Å². The zero-order chi connectivity index (χ0) is 17.1. The maximum atomic E-state index is 12.3. The maximum Gasteiger partial charge on any atom is 0.311 e. The Bertz CT molecular complexity index is 662. The van der Waals surface area contributed by atoms with Crippen molar-refractivity contribution in [3.63, 3.8) is 0 Å². The van der Waals surface area contributed by atoms with Crippen molar-refractivity contribution in [3.05, 3.63) is 35.4 Å². The summed E-state index contributed by atoms with van der Waals surface area (Å²) in [4.78, 5) is 24.3. The number of ether oxygens (including phenoxy) is 1. The molecule has 0 aromatic heterocycles. The van der Waals surface area contributed by atoms with Crippen LogP contribution >= 0.6 is 0 Å². The van der Waals surface area contributed by atoms with Crippen LogP contribution in [-0.2, 0) is 20.7 Å². The van der Waals surface area contributed by atoms with E-state index in [9.17, 15) is 9.59 Å². The molecule has 1 N–H and O–H groups in total. The lowest BCUT2D eigenvalue weighted by Crippen LogP contribution is -2.47. The summed E-state index contributed by atoms with van der Waals surface area (Å²) >= 11 is 0. The monoisotopic (exact) mass is 326 g/mol. The Hall–Kier alpha value is -2.35. The van der Waals surface area contributed by atoms with Crippen molar-refractivity contribution < 1.29 is 14.3 Å². The molecule has 0 radical (unpaired) electrons. The second-order valence-corrected chi connectivity index (χ2v) is 6.78. The van der Waals surface area contributed by atoms with Gasteiger partial charge in [0.15, 0.2) is 0 Å². The SMILES string of the molecule is COC(=O)[C@H]1[C@H]2CC[C@@H](C2)[C@@H]1NC(=O)CCc1ccc(C#N)cc1. The topological polar surface area (TPSA) is 79.2 Å². The Morgan fingerprint density at radius 1 is 1.25 bits per heavy atom. The second-order valence-electron chi connectivity index (χ2n) is 6.78. The van der Waals surface area contributed by atoms with Crippen LogP contribution in [0.4, 0.5) is 0 Å². The van der Waals surface area contributed by atoms with Gasteiger partial charge in [0.1, 0.15) is 0 Å². The highest BCUT2D eigenvalue weighted by Crippen LogP contribution is 2.48. The molecular formula is C19H22N2O3. The molecule has 0 saturated heterocycles. The lowest BCUT2D eigenvalue weighted by molar-refractivity contribution is -0.148. The highest BCUT2D eigenvalue weighted by Gasteiger charge is 2.51. The van der Waals surface area contributed by atoms with E-state index in [-0.39, 0.29) is 23.8 Å². The van der Waals surface area contributed by atoms with Gasteiger partial charge in [-0.25, -0.2) is 0 Å². The average Bonchev–Trinajstić information content (AvgIpc) is 3.21. The molecule has 5 nitrogen and oxygen atoms in total. The van der Waals surface area contributed by atoms with Crippen molar-refractivity contribution in [2.75, 3.05) is 7.11 Å². The molecule has 1 amide bonds. The van der Waals surface area contributed by atoms with E-state index in [1.165, 1.54) is 7.11 Å². The number of nitrogens with zero attached hydrogens (tertiary/aromatic N) is 1. The first-order valence-corrected chi connectivity index (χ1v) is 8.48. The van der Waals surface area contributed by atoms with E-state index in [1.54, 1.807) is 12.1 Å². The maximum absolute atomic E-state index is 12.3. The molecule has 0 spiro atoms. The molecular weight excluding hydrogens is 304 g/mol. The molecule has 0 aliphatic heterocycles. The Labute approximate surface area is 142 Å². The van der Waals surface area contributed by atoms with E-state index >= 15 is 0 Å². The third-order valence-corrected chi connectivity index (χ3v) is 5.44. The first-order valence-electron chi connectivity index (χ1n) is 8.48. The van der Waals surface area contributed by atoms with Crippen LogP contribution < -0.4 is 5.32 Å². The van der Waals surface area contributed by atoms with Crippen molar-refractivity contribution in [1.29, 1.82) is 5.26 Å². The van der Waals surface area contributed by atoms with E-state index in [1.807, 2.05) is 12.1 Å². The highest BCUT2D eigenvalue weighted by molar-refractivity contribution is 5.79. The number of fused-ring (bicyclic) bond motifs is 2. The van der Waals surface area contributed by atoms with Crippen LogP contribution in [-0.4, -0.2) is 25.0 Å². The Balaban J connectivity index is 1.56. The van der Waals surface area contributed by atoms with Crippen LogP contribution in [0.2, 0.25) is 0 Å². The van der Waals surface area contributed by atoms with Crippen LogP contribution in [0.1, 0.15) is 36.8 Å². The van der Waals surface area contributed by atoms with Crippen molar-refractivity contribution >= 4 is 11.9 Å². The molecule has 2 aliphatic rings. The van der Waals surface area contributed by atoms with Gasteiger partial charge >= 0.3 is 5.97 Å². The lowest BCUT2D eigenvalue weighted by atomic mass is 9.84. The van der Waals surface area contributed by atoms with E-state index in [0.717, 1.165) is 24.8 Å². The molecule has 2 fully saturated rings. The highest BCUT2D eigenvalue weighted by atomic mass is 16.5. The number of benzene rings is 1. The minimum absolute atomic E-state index is 0.0224. The lowest BCUT2D eigenvalue weighted by Gasteiger charge is -2.29. The van der Waals surface area contributed by atoms with Crippen molar-refractivity contribution in [2.45, 2.75) is 38.1 Å². The second kappa shape index (κ2) is 7.04. The predicted octanol–water partition coefficient (Wildman–Crippen LogP) is 2.19. The molecule has 0 unspecified atom stereocenters. The summed E-state index contributed by atoms with van der Waals surface area (Å²) in [6.45, 7) is 0. The molecule has 5 heteroatoms. The molecule has 2 aliphatic carbocycles. The summed E-state index contributed by atoms with van der Waals surface area (Å²) in [5, 5.41) is 11.9. The number of esters is 1. The minimum atomic E-state index is -0.195. The zero-order valence-corrected chi connectivity index (χ0v) is 13.8. The van der Waals surface area contributed by atoms with E-state index in [0.29, 0.717) is 30.2 Å². The number of nitrogens with one attached hydrogen (secondary N) is 1. The standard InChI is InChI=1S/C19H22N2O3/c1-24-19(23)17-14-7-8-15(10-14)18(17)21-16(22)9-6-12-2-4-13(11-20)5-3-12/h2-5,14-15,17-18H,6-10H2,1H3,(H,21,22)/t14-,15-,17-,18-/m0/s1. The molecule has 4 atom stereocenters. The normalized spacial score (nSPS) is 27.5. The summed E-state index contributed by atoms with van der Waals surface area (Å²) in [6, 6.07) is 9.27. The number of carbonyl (C=O) groups is 2. The summed E-state index contributed by atoms with van der Waals surface area (Å²) < 4.78 is 4.93. The number of hydrogen-bond acceptors (Lipinski definition) is 4. The molecule has 2 saturated carbocycles. The van der Waals surface area contributed by atoms with Crippen molar-refractivity contribution in [3.8, 4) is 6.07 Å². The first-order chi connectivity index (χ1) is 11.6. The Kier molecular flexibility index (Phi) is 4.84. The molecule has 3 rings (SSSR count). The number of aryl methyl sites for hydroxylation is 1. The van der Waals surface area contributed by atoms with Crippen LogP contribution in [0.3, 0.4) is 0 Å². The van der Waals surface area contributed by atoms with Crippen molar-refractivity contribution in [1.82, 2.24) is 5.32 Å². The molecule has 0 heterocycles. The molecule has 1 aromatic rings. The van der Waals surface area contributed by atoms with E-state index < -0.39 is 0 Å². The van der Waals surface area contributed by atoms with Gasteiger partial charge in [-0.2, -0.15) is 5.26 Å². The average molecular weight is 326 g/mol. The number of nitriles is 1. The first kappa shape index (κ1) is 16.5. The summed E-state index contributed by atoms with van der Waals surface area (Å²) in [6.07, 6.45) is 4.16. The Morgan fingerprint density at radius 2 is 1.96 bits per heavy atom. The predicted molar refractivity (Wildman–Crippen MR) is 87.7 cm³/mol. The minimum Gasteiger partial charge on any atom is -0.469 e. The van der Waals surface area contributed by atoms with Crippen LogP contribution in [0.25, 0.3) is 0 Å². The van der Waals surface area contributed by atoms with Crippen LogP contribution in [0.5, 0.6) is 0 Å². The third kappa shape index (κ3) is 3.28. The molecule has 24 heavy (non-hydrogen) atoms. The summed E-state index contributed by atoms with van der Waals surface area (Å²) in [7, 11) is 1.41.